The number of benzene rings is 2. The number of carbonyl (C=O) groups excluding carboxylic acids is 1. The van der Waals surface area contributed by atoms with E-state index in [2.05, 4.69) is 14.7 Å². The molecule has 0 spiro atoms. The van der Waals surface area contributed by atoms with Crippen LogP contribution in [0.1, 0.15) is 27.0 Å². The number of nitrogens with zero attached hydrogens (tertiary/aromatic N) is 3. The Balaban J connectivity index is 1.74. The van der Waals surface area contributed by atoms with Crippen LogP contribution in [0.2, 0.25) is 0 Å². The molecule has 1 aromatic heterocycles. The Bertz CT molecular complexity index is 899. The lowest BCUT2D eigenvalue weighted by atomic mass is 10.0. The number of oxime groups is 1. The van der Waals surface area contributed by atoms with Crippen LogP contribution >= 0.6 is 11.5 Å². The van der Waals surface area contributed by atoms with Crippen LogP contribution in [-0.4, -0.2) is 21.4 Å². The molecule has 0 saturated heterocycles. The minimum absolute atomic E-state index is 0.127. The minimum Gasteiger partial charge on any atom is -0.380 e. The molecule has 126 valence electrons. The van der Waals surface area contributed by atoms with Crippen molar-refractivity contribution in [2.75, 3.05) is 0 Å². The number of hydrogen-bond acceptors (Lipinski definition) is 6. The zero-order valence-electron chi connectivity index (χ0n) is 13.8. The van der Waals surface area contributed by atoms with Crippen LogP contribution in [-0.2, 0) is 4.84 Å². The fraction of sp³-hybridized carbons (Fsp3) is 0.111. The Kier molecular flexibility index (Phi) is 4.85. The molecular weight excluding hydrogens is 336 g/mol. The quantitative estimate of drug-likeness (QED) is 0.337. The average Bonchev–Trinajstić information content (AvgIpc) is 3.14. The Morgan fingerprint density at radius 3 is 2.40 bits per heavy atom. The van der Waals surface area contributed by atoms with E-state index in [1.807, 2.05) is 49.6 Å². The second-order valence-electron chi connectivity index (χ2n) is 5.49. The molecule has 0 aliphatic heterocycles. The summed E-state index contributed by atoms with van der Waals surface area (Å²) in [5.41, 5.74) is 10.5. The minimum atomic E-state index is -0.524. The first-order valence-corrected chi connectivity index (χ1v) is 8.39. The molecule has 6 nitrogen and oxygen atoms in total. The number of aryl methyl sites for hydroxylation is 2. The van der Waals surface area contributed by atoms with E-state index in [-0.39, 0.29) is 5.84 Å². The summed E-state index contributed by atoms with van der Waals surface area (Å²) in [4.78, 5) is 17.2. The van der Waals surface area contributed by atoms with Crippen LogP contribution in [0.3, 0.4) is 0 Å². The van der Waals surface area contributed by atoms with Crippen LogP contribution < -0.4 is 5.73 Å². The second kappa shape index (κ2) is 7.23. The lowest BCUT2D eigenvalue weighted by molar-refractivity contribution is 0.0514. The number of aromatic nitrogens is 2. The summed E-state index contributed by atoms with van der Waals surface area (Å²) in [6.45, 7) is 3.70. The van der Waals surface area contributed by atoms with E-state index in [1.54, 1.807) is 12.1 Å². The van der Waals surface area contributed by atoms with Gasteiger partial charge in [-0.05, 0) is 36.5 Å². The van der Waals surface area contributed by atoms with Gasteiger partial charge in [-0.2, -0.15) is 0 Å². The van der Waals surface area contributed by atoms with Crippen molar-refractivity contribution in [3.8, 4) is 11.3 Å². The SMILES string of the molecule is Cc1cccc(C)c1C(=O)O/N=C(\N)c1ccc(-c2csnn2)cc1. The molecule has 0 aliphatic rings. The fourth-order valence-electron chi connectivity index (χ4n) is 2.43. The third-order valence-corrected chi connectivity index (χ3v) is 4.25. The molecule has 25 heavy (non-hydrogen) atoms. The summed E-state index contributed by atoms with van der Waals surface area (Å²) in [5, 5.41) is 9.63. The predicted molar refractivity (Wildman–Crippen MR) is 97.4 cm³/mol. The van der Waals surface area contributed by atoms with Crippen LogP contribution in [0.25, 0.3) is 11.3 Å². The summed E-state index contributed by atoms with van der Waals surface area (Å²) in [6, 6.07) is 12.9. The van der Waals surface area contributed by atoms with Gasteiger partial charge in [-0.15, -0.1) is 5.10 Å². The highest BCUT2D eigenvalue weighted by Gasteiger charge is 2.14. The van der Waals surface area contributed by atoms with Crippen LogP contribution in [0, 0.1) is 13.8 Å². The van der Waals surface area contributed by atoms with Crippen molar-refractivity contribution < 1.29 is 9.63 Å². The average molecular weight is 352 g/mol. The molecule has 3 aromatic rings. The second-order valence-corrected chi connectivity index (χ2v) is 6.10. The molecule has 0 fully saturated rings. The number of rotatable bonds is 4. The van der Waals surface area contributed by atoms with Crippen LogP contribution in [0.5, 0.6) is 0 Å². The number of amidine groups is 1. The van der Waals surface area contributed by atoms with Crippen molar-refractivity contribution in [3.05, 3.63) is 70.1 Å². The van der Waals surface area contributed by atoms with Crippen molar-refractivity contribution in [3.63, 3.8) is 0 Å². The highest BCUT2D eigenvalue weighted by atomic mass is 32.1. The molecule has 7 heteroatoms. The van der Waals surface area contributed by atoms with Gasteiger partial charge in [0.1, 0.15) is 5.69 Å². The lowest BCUT2D eigenvalue weighted by Gasteiger charge is -2.07. The number of hydrogen-bond donors (Lipinski definition) is 1. The van der Waals surface area contributed by atoms with Gasteiger partial charge in [0.2, 0.25) is 0 Å². The van der Waals surface area contributed by atoms with Crippen molar-refractivity contribution in [1.29, 1.82) is 0 Å². The van der Waals surface area contributed by atoms with Gasteiger partial charge in [-0.25, -0.2) is 4.79 Å². The molecule has 3 rings (SSSR count). The molecular formula is C18H16N4O2S. The van der Waals surface area contributed by atoms with Crippen molar-refractivity contribution in [2.45, 2.75) is 13.8 Å². The molecule has 0 radical (unpaired) electrons. The smallest absolute Gasteiger partial charge is 0.366 e. The van der Waals surface area contributed by atoms with Gasteiger partial charge in [0.15, 0.2) is 5.84 Å². The van der Waals surface area contributed by atoms with Crippen LogP contribution in [0.4, 0.5) is 0 Å². The Morgan fingerprint density at radius 1 is 1.12 bits per heavy atom. The maximum atomic E-state index is 12.2. The van der Waals surface area contributed by atoms with Gasteiger partial charge in [-0.1, -0.05) is 52.1 Å². The molecule has 1 heterocycles. The van der Waals surface area contributed by atoms with Crippen molar-refractivity contribution in [2.24, 2.45) is 10.9 Å². The largest absolute Gasteiger partial charge is 0.380 e. The fourth-order valence-corrected chi connectivity index (χ4v) is 2.89. The van der Waals surface area contributed by atoms with Crippen molar-refractivity contribution >= 4 is 23.3 Å². The topological polar surface area (TPSA) is 90.5 Å². The number of carbonyl (C=O) groups is 1. The zero-order chi connectivity index (χ0) is 17.8. The summed E-state index contributed by atoms with van der Waals surface area (Å²) < 4.78 is 3.83. The Hall–Kier alpha value is -3.06. The molecule has 0 saturated carbocycles. The molecule has 0 bridgehead atoms. The molecule has 0 atom stereocenters. The van der Waals surface area contributed by atoms with E-state index in [9.17, 15) is 4.79 Å². The molecule has 0 aliphatic carbocycles. The Morgan fingerprint density at radius 2 is 1.80 bits per heavy atom. The van der Waals surface area contributed by atoms with E-state index in [0.29, 0.717) is 11.1 Å². The predicted octanol–water partition coefficient (Wildman–Crippen LogP) is 3.30. The normalized spacial score (nSPS) is 11.4. The van der Waals surface area contributed by atoms with Crippen LogP contribution in [0.15, 0.2) is 53.0 Å². The maximum absolute atomic E-state index is 12.2. The monoisotopic (exact) mass is 352 g/mol. The molecule has 2 aromatic carbocycles. The summed E-state index contributed by atoms with van der Waals surface area (Å²) >= 11 is 1.29. The standard InChI is InChI=1S/C18H16N4O2S/c1-11-4-3-5-12(2)16(11)18(23)24-21-17(19)14-8-6-13(7-9-14)15-10-25-22-20-15/h3-10H,1-2H3,(H2,19,21). The van der Waals surface area contributed by atoms with Gasteiger partial charge in [-0.3, -0.25) is 0 Å². The number of nitrogens with two attached hydrogens (primary N) is 1. The van der Waals surface area contributed by atoms with Crippen molar-refractivity contribution in [1.82, 2.24) is 9.59 Å². The Labute approximate surface area is 149 Å². The summed E-state index contributed by atoms with van der Waals surface area (Å²) in [5.74, 6) is -0.397. The first-order chi connectivity index (χ1) is 12.1. The summed E-state index contributed by atoms with van der Waals surface area (Å²) in [6.07, 6.45) is 0. The first-order valence-electron chi connectivity index (χ1n) is 7.55. The van der Waals surface area contributed by atoms with Gasteiger partial charge in [0, 0.05) is 16.5 Å². The van der Waals surface area contributed by atoms with E-state index < -0.39 is 5.97 Å². The van der Waals surface area contributed by atoms with E-state index >= 15 is 0 Å². The molecule has 2 N–H and O–H groups in total. The first kappa shape index (κ1) is 16.8. The molecule has 0 unspecified atom stereocenters. The van der Waals surface area contributed by atoms with Gasteiger partial charge in [0.05, 0.1) is 5.56 Å². The third-order valence-electron chi connectivity index (χ3n) is 3.75. The van der Waals surface area contributed by atoms with Gasteiger partial charge >= 0.3 is 5.97 Å². The van der Waals surface area contributed by atoms with E-state index in [1.165, 1.54) is 11.5 Å². The highest BCUT2D eigenvalue weighted by Crippen LogP contribution is 2.18. The van der Waals surface area contributed by atoms with E-state index in [4.69, 9.17) is 10.6 Å². The highest BCUT2D eigenvalue weighted by molar-refractivity contribution is 7.03. The summed E-state index contributed by atoms with van der Waals surface area (Å²) in [7, 11) is 0. The van der Waals surface area contributed by atoms with Gasteiger partial charge < -0.3 is 10.6 Å². The lowest BCUT2D eigenvalue weighted by Crippen LogP contribution is -2.16. The maximum Gasteiger partial charge on any atom is 0.366 e. The zero-order valence-corrected chi connectivity index (χ0v) is 14.6. The van der Waals surface area contributed by atoms with E-state index in [0.717, 1.165) is 22.4 Å². The van der Waals surface area contributed by atoms with Gasteiger partial charge in [0.25, 0.3) is 0 Å². The molecule has 0 amide bonds. The third kappa shape index (κ3) is 3.72.